The van der Waals surface area contributed by atoms with Crippen molar-refractivity contribution in [1.82, 2.24) is 5.32 Å². The Bertz CT molecular complexity index is 449. The summed E-state index contributed by atoms with van der Waals surface area (Å²) in [6, 6.07) is 7.67. The van der Waals surface area contributed by atoms with Gasteiger partial charge in [-0.2, -0.15) is 0 Å². The minimum atomic E-state index is 0.00744. The minimum Gasteiger partial charge on any atom is -0.349 e. The van der Waals surface area contributed by atoms with Crippen LogP contribution in [0, 0.1) is 11.8 Å². The second-order valence-corrected chi connectivity index (χ2v) is 4.18. The van der Waals surface area contributed by atoms with E-state index in [2.05, 4.69) is 17.2 Å². The fourth-order valence-electron chi connectivity index (χ4n) is 1.68. The summed E-state index contributed by atoms with van der Waals surface area (Å²) in [5.41, 5.74) is 6.87. The molecule has 0 bridgehead atoms. The zero-order valence-electron chi connectivity index (χ0n) is 9.70. The largest absolute Gasteiger partial charge is 0.349 e. The number of amides is 1. The van der Waals surface area contributed by atoms with Crippen molar-refractivity contribution in [3.05, 3.63) is 35.4 Å². The smallest absolute Gasteiger partial charge is 0.251 e. The zero-order chi connectivity index (χ0) is 12.1. The molecule has 1 fully saturated rings. The SMILES string of the molecule is NCC#Cc1ccc(C(=O)NC2CCC2)cc1. The van der Waals surface area contributed by atoms with Gasteiger partial charge in [0, 0.05) is 17.2 Å². The van der Waals surface area contributed by atoms with Gasteiger partial charge in [0.05, 0.1) is 6.54 Å². The van der Waals surface area contributed by atoms with Crippen LogP contribution in [0.25, 0.3) is 0 Å². The molecule has 1 aliphatic rings. The Labute approximate surface area is 101 Å². The molecule has 1 aliphatic carbocycles. The van der Waals surface area contributed by atoms with E-state index in [-0.39, 0.29) is 5.91 Å². The molecule has 1 amide bonds. The molecule has 1 saturated carbocycles. The molecule has 0 heterocycles. The number of carbonyl (C=O) groups excluding carboxylic acids is 1. The van der Waals surface area contributed by atoms with Gasteiger partial charge in [-0.05, 0) is 43.5 Å². The highest BCUT2D eigenvalue weighted by Gasteiger charge is 2.19. The lowest BCUT2D eigenvalue weighted by atomic mass is 9.93. The summed E-state index contributed by atoms with van der Waals surface area (Å²) in [5.74, 6) is 5.72. The number of benzene rings is 1. The van der Waals surface area contributed by atoms with Gasteiger partial charge in [0.25, 0.3) is 5.91 Å². The van der Waals surface area contributed by atoms with Gasteiger partial charge >= 0.3 is 0 Å². The van der Waals surface area contributed by atoms with Crippen molar-refractivity contribution < 1.29 is 4.79 Å². The van der Waals surface area contributed by atoms with Gasteiger partial charge in [0.15, 0.2) is 0 Å². The molecule has 1 aromatic carbocycles. The monoisotopic (exact) mass is 228 g/mol. The maximum atomic E-state index is 11.8. The molecule has 0 unspecified atom stereocenters. The van der Waals surface area contributed by atoms with Crippen LogP contribution in [0.2, 0.25) is 0 Å². The summed E-state index contributed by atoms with van der Waals surface area (Å²) in [7, 11) is 0. The van der Waals surface area contributed by atoms with E-state index in [1.54, 1.807) is 12.1 Å². The van der Waals surface area contributed by atoms with Crippen LogP contribution in [0.4, 0.5) is 0 Å². The fraction of sp³-hybridized carbons (Fsp3) is 0.357. The van der Waals surface area contributed by atoms with E-state index in [0.29, 0.717) is 18.2 Å². The van der Waals surface area contributed by atoms with Crippen molar-refractivity contribution >= 4 is 5.91 Å². The van der Waals surface area contributed by atoms with Crippen LogP contribution in [0.1, 0.15) is 35.2 Å². The Balaban J connectivity index is 1.98. The summed E-state index contributed by atoms with van der Waals surface area (Å²) in [6.07, 6.45) is 3.43. The van der Waals surface area contributed by atoms with Crippen LogP contribution in [0.5, 0.6) is 0 Å². The average molecular weight is 228 g/mol. The maximum absolute atomic E-state index is 11.8. The minimum absolute atomic E-state index is 0.00744. The van der Waals surface area contributed by atoms with Crippen LogP contribution >= 0.6 is 0 Å². The van der Waals surface area contributed by atoms with E-state index in [0.717, 1.165) is 18.4 Å². The second-order valence-electron chi connectivity index (χ2n) is 4.18. The quantitative estimate of drug-likeness (QED) is 0.749. The highest BCUT2D eigenvalue weighted by Crippen LogP contribution is 2.18. The predicted octanol–water partition coefficient (Wildman–Crippen LogP) is 1.28. The molecular weight excluding hydrogens is 212 g/mol. The van der Waals surface area contributed by atoms with Crippen LogP contribution < -0.4 is 11.1 Å². The summed E-state index contributed by atoms with van der Waals surface area (Å²) >= 11 is 0. The maximum Gasteiger partial charge on any atom is 0.251 e. The standard InChI is InChI=1S/C14H16N2O/c15-10-2-3-11-6-8-12(9-7-11)14(17)16-13-4-1-5-13/h6-9,13H,1,4-5,10,15H2,(H,16,17). The Morgan fingerprint density at radius 1 is 1.35 bits per heavy atom. The van der Waals surface area contributed by atoms with Gasteiger partial charge in [0.2, 0.25) is 0 Å². The molecule has 0 spiro atoms. The number of carbonyl (C=O) groups is 1. The number of nitrogens with one attached hydrogen (secondary N) is 1. The molecule has 2 rings (SSSR count). The molecule has 0 radical (unpaired) electrons. The zero-order valence-corrected chi connectivity index (χ0v) is 9.70. The van der Waals surface area contributed by atoms with Crippen LogP contribution in [0.15, 0.2) is 24.3 Å². The summed E-state index contributed by atoms with van der Waals surface area (Å²) in [4.78, 5) is 11.8. The molecule has 0 saturated heterocycles. The summed E-state index contributed by atoms with van der Waals surface area (Å²) < 4.78 is 0. The van der Waals surface area contributed by atoms with Gasteiger partial charge in [-0.3, -0.25) is 4.79 Å². The Kier molecular flexibility index (Phi) is 3.79. The highest BCUT2D eigenvalue weighted by atomic mass is 16.1. The first kappa shape index (κ1) is 11.7. The van der Waals surface area contributed by atoms with E-state index in [1.807, 2.05) is 12.1 Å². The third kappa shape index (κ3) is 3.08. The third-order valence-corrected chi connectivity index (χ3v) is 2.92. The number of nitrogens with two attached hydrogens (primary N) is 1. The van der Waals surface area contributed by atoms with Crippen molar-refractivity contribution in [1.29, 1.82) is 0 Å². The summed E-state index contributed by atoms with van der Waals surface area (Å²) in [5, 5.41) is 3.00. The number of hydrogen-bond donors (Lipinski definition) is 2. The van der Waals surface area contributed by atoms with Crippen LogP contribution in [-0.4, -0.2) is 18.5 Å². The molecular formula is C14H16N2O. The highest BCUT2D eigenvalue weighted by molar-refractivity contribution is 5.94. The lowest BCUT2D eigenvalue weighted by Gasteiger charge is -2.26. The molecule has 0 aromatic heterocycles. The first-order chi connectivity index (χ1) is 8.29. The molecule has 17 heavy (non-hydrogen) atoms. The number of rotatable bonds is 2. The first-order valence-electron chi connectivity index (χ1n) is 5.89. The van der Waals surface area contributed by atoms with Gasteiger partial charge in [-0.15, -0.1) is 0 Å². The van der Waals surface area contributed by atoms with E-state index < -0.39 is 0 Å². The van der Waals surface area contributed by atoms with Crippen molar-refractivity contribution in [3.63, 3.8) is 0 Å². The van der Waals surface area contributed by atoms with E-state index in [9.17, 15) is 4.79 Å². The Morgan fingerprint density at radius 3 is 2.59 bits per heavy atom. The van der Waals surface area contributed by atoms with E-state index in [4.69, 9.17) is 5.73 Å². The fourth-order valence-corrected chi connectivity index (χ4v) is 1.68. The molecule has 3 nitrogen and oxygen atoms in total. The second kappa shape index (κ2) is 5.51. The normalized spacial score (nSPS) is 14.4. The molecule has 3 N–H and O–H groups in total. The summed E-state index contributed by atoms with van der Waals surface area (Å²) in [6.45, 7) is 0.351. The van der Waals surface area contributed by atoms with E-state index in [1.165, 1.54) is 6.42 Å². The predicted molar refractivity (Wildman–Crippen MR) is 67.5 cm³/mol. The molecule has 0 atom stereocenters. The van der Waals surface area contributed by atoms with Gasteiger partial charge in [-0.25, -0.2) is 0 Å². The lowest BCUT2D eigenvalue weighted by Crippen LogP contribution is -2.39. The van der Waals surface area contributed by atoms with Crippen molar-refractivity contribution in [2.24, 2.45) is 5.73 Å². The Hall–Kier alpha value is -1.79. The Morgan fingerprint density at radius 2 is 2.06 bits per heavy atom. The third-order valence-electron chi connectivity index (χ3n) is 2.92. The topological polar surface area (TPSA) is 55.1 Å². The van der Waals surface area contributed by atoms with Crippen molar-refractivity contribution in [3.8, 4) is 11.8 Å². The number of hydrogen-bond acceptors (Lipinski definition) is 2. The van der Waals surface area contributed by atoms with Crippen LogP contribution in [-0.2, 0) is 0 Å². The van der Waals surface area contributed by atoms with Crippen molar-refractivity contribution in [2.45, 2.75) is 25.3 Å². The molecule has 3 heteroatoms. The van der Waals surface area contributed by atoms with Crippen molar-refractivity contribution in [2.75, 3.05) is 6.54 Å². The first-order valence-corrected chi connectivity index (χ1v) is 5.89. The van der Waals surface area contributed by atoms with E-state index >= 15 is 0 Å². The average Bonchev–Trinajstić information content (AvgIpc) is 2.31. The van der Waals surface area contributed by atoms with Gasteiger partial charge < -0.3 is 11.1 Å². The molecule has 0 aliphatic heterocycles. The lowest BCUT2D eigenvalue weighted by molar-refractivity contribution is 0.0917. The molecule has 1 aromatic rings. The van der Waals surface area contributed by atoms with Crippen LogP contribution in [0.3, 0.4) is 0 Å². The van der Waals surface area contributed by atoms with Gasteiger partial charge in [-0.1, -0.05) is 11.8 Å². The van der Waals surface area contributed by atoms with Gasteiger partial charge in [0.1, 0.15) is 0 Å². The molecule has 88 valence electrons.